The summed E-state index contributed by atoms with van der Waals surface area (Å²) in [5, 5.41) is 24.2. The molecule has 1 aliphatic carbocycles. The number of aliphatic hydroxyl groups excluding tert-OH is 3. The molecule has 26 heavy (non-hydrogen) atoms. The fraction of sp³-hybridized carbons (Fsp3) is 0.455. The maximum absolute atomic E-state index is 8.06. The maximum Gasteiger partial charge on any atom is 0.0483 e. The zero-order valence-electron chi connectivity index (χ0n) is 16.8. The molecule has 0 aromatic heterocycles. The normalized spacial score (nSPS) is 10.3. The largest absolute Gasteiger partial charge is 0.394 e. The zero-order chi connectivity index (χ0) is 19.4. The number of fused-ring (bicyclic) bond motifs is 3. The van der Waals surface area contributed by atoms with Gasteiger partial charge in [-0.1, -0.05) is 35.4 Å². The second kappa shape index (κ2) is 15.1. The van der Waals surface area contributed by atoms with Gasteiger partial charge in [0, 0.05) is 40.0 Å². The van der Waals surface area contributed by atoms with Crippen LogP contribution >= 0.6 is 0 Å². The Morgan fingerprint density at radius 1 is 0.731 bits per heavy atom. The van der Waals surface area contributed by atoms with Gasteiger partial charge in [0.1, 0.15) is 0 Å². The van der Waals surface area contributed by atoms with E-state index in [1.165, 1.54) is 22.3 Å². The minimum Gasteiger partial charge on any atom is -0.394 e. The summed E-state index contributed by atoms with van der Waals surface area (Å²) in [6, 6.07) is 18.1. The molecule has 0 unspecified atom stereocenters. The van der Waals surface area contributed by atoms with E-state index in [4.69, 9.17) is 15.3 Å². The van der Waals surface area contributed by atoms with Crippen molar-refractivity contribution in [3.8, 4) is 11.1 Å². The van der Waals surface area contributed by atoms with Crippen LogP contribution in [0.25, 0.3) is 11.1 Å². The predicted molar refractivity (Wildman–Crippen MR) is 106 cm³/mol. The van der Waals surface area contributed by atoms with Gasteiger partial charge >= 0.3 is 0 Å². The van der Waals surface area contributed by atoms with E-state index in [9.17, 15) is 0 Å². The van der Waals surface area contributed by atoms with Gasteiger partial charge in [-0.25, -0.2) is 0 Å². The Balaban J connectivity index is 0. The summed E-state index contributed by atoms with van der Waals surface area (Å²) in [6.07, 6.45) is 0.548. The van der Waals surface area contributed by atoms with E-state index in [0.29, 0.717) is 0 Å². The van der Waals surface area contributed by atoms with Gasteiger partial charge in [-0.2, -0.15) is 29.8 Å². The maximum atomic E-state index is 8.06. The molecule has 144 valence electrons. The molecule has 0 heterocycles. The summed E-state index contributed by atoms with van der Waals surface area (Å²) in [5.74, 6) is 0. The van der Waals surface area contributed by atoms with Crippen molar-refractivity contribution >= 4 is 0 Å². The third-order valence-corrected chi connectivity index (χ3v) is 2.62. The first kappa shape index (κ1) is 27.3. The van der Waals surface area contributed by atoms with Crippen LogP contribution in [-0.4, -0.2) is 33.6 Å². The van der Waals surface area contributed by atoms with Gasteiger partial charge in [-0.3, -0.25) is 0 Å². The first-order valence-electron chi connectivity index (χ1n) is 8.77. The van der Waals surface area contributed by atoms with Gasteiger partial charge in [0.15, 0.2) is 0 Å². The molecule has 2 aromatic carbocycles. The van der Waals surface area contributed by atoms with E-state index >= 15 is 0 Å². The Morgan fingerprint density at radius 3 is 1.65 bits per heavy atom. The van der Waals surface area contributed by atoms with Gasteiger partial charge < -0.3 is 15.3 Å². The average molecular weight is 393 g/mol. The Bertz CT molecular complexity index is 529. The number of rotatable bonds is 0. The van der Waals surface area contributed by atoms with Crippen molar-refractivity contribution in [2.24, 2.45) is 0 Å². The second-order valence-electron chi connectivity index (χ2n) is 6.68. The Labute approximate surface area is 174 Å². The van der Waals surface area contributed by atoms with Crippen LogP contribution in [0.1, 0.15) is 52.7 Å². The van der Waals surface area contributed by atoms with Crippen molar-refractivity contribution in [1.29, 1.82) is 0 Å². The third-order valence-electron chi connectivity index (χ3n) is 2.62. The summed E-state index contributed by atoms with van der Waals surface area (Å²) in [6.45, 7) is 10.3. The van der Waals surface area contributed by atoms with Crippen molar-refractivity contribution in [2.75, 3.05) is 0 Å². The summed E-state index contributed by atoms with van der Waals surface area (Å²) in [7, 11) is 0. The predicted octanol–water partition coefficient (Wildman–Crippen LogP) is 4.22. The summed E-state index contributed by atoms with van der Waals surface area (Å²) < 4.78 is 0. The van der Waals surface area contributed by atoms with E-state index in [2.05, 4.69) is 42.5 Å². The van der Waals surface area contributed by atoms with Crippen LogP contribution < -0.4 is 0 Å². The molecule has 0 aliphatic heterocycles. The first-order chi connectivity index (χ1) is 11.6. The van der Waals surface area contributed by atoms with Crippen LogP contribution in [0, 0.1) is 6.07 Å². The Hall–Kier alpha value is -0.966. The minimum absolute atomic E-state index is 0. The quantitative estimate of drug-likeness (QED) is 0.396. The Morgan fingerprint density at radius 2 is 1.15 bits per heavy atom. The molecule has 1 aliphatic rings. The number of hydrogen-bond acceptors (Lipinski definition) is 3. The molecule has 0 fully saturated rings. The minimum atomic E-state index is -0.167. The smallest absolute Gasteiger partial charge is 0.0483 e. The fourth-order valence-corrected chi connectivity index (χ4v) is 2.00. The number of benzene rings is 2. The van der Waals surface area contributed by atoms with Crippen molar-refractivity contribution in [3.05, 3.63) is 59.7 Å². The van der Waals surface area contributed by atoms with E-state index in [1.54, 1.807) is 41.5 Å². The standard InChI is InChI=1S/C13H9.3C3H8O.Ti/c1-3-7-12-10(5-1)9-11-6-2-4-8-13(11)12;3*1-3(2)4;/h1-5,7-8H,9H2;3*3-4H,1-2H3;/q-1;;;;. The SMILES string of the molecule is CC(C)O.CC(C)O.CC(C)O.[Ti].[c-]1cccc2c1Cc1ccccc1-2. The molecule has 2 aromatic rings. The van der Waals surface area contributed by atoms with Gasteiger partial charge in [0.2, 0.25) is 0 Å². The van der Waals surface area contributed by atoms with Crippen molar-refractivity contribution in [1.82, 2.24) is 0 Å². The summed E-state index contributed by atoms with van der Waals surface area (Å²) >= 11 is 0. The molecule has 0 atom stereocenters. The Kier molecular flexibility index (Phi) is 15.9. The molecule has 0 saturated heterocycles. The fourth-order valence-electron chi connectivity index (χ4n) is 2.00. The zero-order valence-corrected chi connectivity index (χ0v) is 18.4. The van der Waals surface area contributed by atoms with Crippen LogP contribution in [-0.2, 0) is 28.1 Å². The third kappa shape index (κ3) is 13.3. The van der Waals surface area contributed by atoms with E-state index < -0.39 is 0 Å². The molecular formula is C22H33O3Ti-. The van der Waals surface area contributed by atoms with E-state index in [0.717, 1.165) is 6.42 Å². The first-order valence-corrected chi connectivity index (χ1v) is 8.77. The van der Waals surface area contributed by atoms with Gasteiger partial charge in [-0.15, -0.1) is 5.56 Å². The van der Waals surface area contributed by atoms with Crippen LogP contribution in [0.5, 0.6) is 0 Å². The van der Waals surface area contributed by atoms with Crippen molar-refractivity contribution < 1.29 is 37.0 Å². The second-order valence-corrected chi connectivity index (χ2v) is 6.68. The van der Waals surface area contributed by atoms with Gasteiger partial charge in [0.05, 0.1) is 0 Å². The van der Waals surface area contributed by atoms with Gasteiger partial charge in [-0.05, 0) is 48.0 Å². The molecule has 0 saturated carbocycles. The van der Waals surface area contributed by atoms with Crippen molar-refractivity contribution in [3.63, 3.8) is 0 Å². The molecule has 3 nitrogen and oxygen atoms in total. The average Bonchev–Trinajstić information content (AvgIpc) is 2.84. The van der Waals surface area contributed by atoms with Crippen molar-refractivity contribution in [2.45, 2.75) is 66.3 Å². The monoisotopic (exact) mass is 393 g/mol. The van der Waals surface area contributed by atoms with E-state index in [1.807, 2.05) is 6.07 Å². The molecule has 3 N–H and O–H groups in total. The van der Waals surface area contributed by atoms with Crippen LogP contribution in [0.4, 0.5) is 0 Å². The number of aliphatic hydroxyl groups is 3. The van der Waals surface area contributed by atoms with Crippen LogP contribution in [0.3, 0.4) is 0 Å². The molecule has 0 radical (unpaired) electrons. The van der Waals surface area contributed by atoms with Crippen LogP contribution in [0.15, 0.2) is 42.5 Å². The number of hydrogen-bond donors (Lipinski definition) is 3. The summed E-state index contributed by atoms with van der Waals surface area (Å²) in [4.78, 5) is 0. The molecule has 0 spiro atoms. The van der Waals surface area contributed by atoms with Crippen LogP contribution in [0.2, 0.25) is 0 Å². The molecule has 3 rings (SSSR count). The molecular weight excluding hydrogens is 360 g/mol. The summed E-state index contributed by atoms with van der Waals surface area (Å²) in [5.41, 5.74) is 5.51. The molecule has 0 amide bonds. The topological polar surface area (TPSA) is 60.7 Å². The molecule has 0 bridgehead atoms. The van der Waals surface area contributed by atoms with Gasteiger partial charge in [0.25, 0.3) is 0 Å². The molecule has 4 heteroatoms. The van der Waals surface area contributed by atoms with E-state index in [-0.39, 0.29) is 40.0 Å².